The lowest BCUT2D eigenvalue weighted by Crippen LogP contribution is -2.34. The van der Waals surface area contributed by atoms with Crippen LogP contribution in [0.1, 0.15) is 33.6 Å². The highest BCUT2D eigenvalue weighted by molar-refractivity contribution is 5.79. The zero-order chi connectivity index (χ0) is 15.1. The Labute approximate surface area is 112 Å². The van der Waals surface area contributed by atoms with Crippen LogP contribution in [-0.2, 0) is 23.8 Å². The summed E-state index contributed by atoms with van der Waals surface area (Å²) in [5.41, 5.74) is -0.705. The number of nitrogens with zero attached hydrogens (tertiary/aromatic N) is 1. The van der Waals surface area contributed by atoms with E-state index in [1.165, 1.54) is 14.2 Å². The number of esters is 2. The Bertz CT molecular complexity index is 345. The van der Waals surface area contributed by atoms with Crippen LogP contribution in [0.5, 0.6) is 0 Å². The van der Waals surface area contributed by atoms with Gasteiger partial charge in [0.25, 0.3) is 0 Å². The van der Waals surface area contributed by atoms with Gasteiger partial charge in [0.05, 0.1) is 14.2 Å². The Kier molecular flexibility index (Phi) is 6.89. The number of methoxy groups -OCH3 is 2. The van der Waals surface area contributed by atoms with Crippen molar-refractivity contribution in [1.82, 2.24) is 0 Å². The molecule has 0 saturated carbocycles. The molecule has 0 fully saturated rings. The van der Waals surface area contributed by atoms with Crippen LogP contribution in [-0.4, -0.2) is 43.9 Å². The summed E-state index contributed by atoms with van der Waals surface area (Å²) in [6.45, 7) is 5.05. The third-order valence-electron chi connectivity index (χ3n) is 1.98. The van der Waals surface area contributed by atoms with Gasteiger partial charge in [-0.05, 0) is 6.42 Å². The van der Waals surface area contributed by atoms with Gasteiger partial charge in [-0.1, -0.05) is 20.8 Å². The lowest BCUT2D eigenvalue weighted by atomic mass is 10.1. The number of aliphatic imine (C=N–C) groups is 1. The molecule has 0 rings (SSSR count). The van der Waals surface area contributed by atoms with Gasteiger partial charge in [-0.3, -0.25) is 9.79 Å². The van der Waals surface area contributed by atoms with Crippen molar-refractivity contribution in [1.29, 1.82) is 0 Å². The van der Waals surface area contributed by atoms with Crippen LogP contribution in [0.3, 0.4) is 0 Å². The zero-order valence-electron chi connectivity index (χ0n) is 11.9. The Hall–Kier alpha value is -1.79. The van der Waals surface area contributed by atoms with Crippen molar-refractivity contribution in [2.75, 3.05) is 14.2 Å². The quantitative estimate of drug-likeness (QED) is 0.398. The largest absolute Gasteiger partial charge is 0.595 e. The highest BCUT2D eigenvalue weighted by Gasteiger charge is 2.20. The van der Waals surface area contributed by atoms with Crippen LogP contribution in [0.2, 0.25) is 0 Å². The fourth-order valence-corrected chi connectivity index (χ4v) is 1.14. The summed E-state index contributed by atoms with van der Waals surface area (Å²) < 4.78 is 13.9. The molecule has 0 aromatic carbocycles. The second kappa shape index (κ2) is 7.60. The van der Waals surface area contributed by atoms with Crippen molar-refractivity contribution >= 4 is 18.0 Å². The highest BCUT2D eigenvalue weighted by atomic mass is 16.6. The predicted molar refractivity (Wildman–Crippen MR) is 65.3 cm³/mol. The summed E-state index contributed by atoms with van der Waals surface area (Å²) in [5, 5.41) is 11.5. The van der Waals surface area contributed by atoms with E-state index in [9.17, 15) is 14.7 Å². The number of rotatable bonds is 5. The summed E-state index contributed by atoms with van der Waals surface area (Å²) in [6, 6.07) is -1.07. The van der Waals surface area contributed by atoms with Crippen LogP contribution < -0.4 is 5.11 Å². The van der Waals surface area contributed by atoms with Crippen molar-refractivity contribution in [3.63, 3.8) is 0 Å². The van der Waals surface area contributed by atoms with Crippen LogP contribution in [0, 0.1) is 0 Å². The number of hydrogen-bond donors (Lipinski definition) is 0. The maximum Gasteiger partial charge on any atom is 0.330 e. The summed E-state index contributed by atoms with van der Waals surface area (Å²) >= 11 is 0. The molecular weight excluding hydrogens is 254 g/mol. The molecule has 0 bridgehead atoms. The molecule has 19 heavy (non-hydrogen) atoms. The van der Waals surface area contributed by atoms with Crippen LogP contribution in [0.25, 0.3) is 0 Å². The van der Waals surface area contributed by atoms with E-state index in [-0.39, 0.29) is 12.8 Å². The smallest absolute Gasteiger partial charge is 0.330 e. The lowest BCUT2D eigenvalue weighted by molar-refractivity contribution is -0.261. The first kappa shape index (κ1) is 17.2. The summed E-state index contributed by atoms with van der Waals surface area (Å²) in [6.07, 6.45) is -0.881. The highest BCUT2D eigenvalue weighted by Crippen LogP contribution is 2.09. The van der Waals surface area contributed by atoms with Gasteiger partial charge in [-0.2, -0.15) is 0 Å². The molecule has 110 valence electrons. The fraction of sp³-hybridized carbons (Fsp3) is 0.750. The van der Waals surface area contributed by atoms with E-state index in [0.29, 0.717) is 0 Å². The number of ether oxygens (including phenoxy) is 3. The molecule has 0 aliphatic heterocycles. The molecule has 0 saturated heterocycles. The Morgan fingerprint density at radius 1 is 1.21 bits per heavy atom. The van der Waals surface area contributed by atoms with Crippen LogP contribution >= 0.6 is 0 Å². The second-order valence-corrected chi connectivity index (χ2v) is 4.76. The van der Waals surface area contributed by atoms with Gasteiger partial charge in [-0.15, -0.1) is 0 Å². The molecule has 0 aliphatic rings. The summed E-state index contributed by atoms with van der Waals surface area (Å²) in [4.78, 5) is 26.0. The molecule has 7 heteroatoms. The van der Waals surface area contributed by atoms with E-state index in [1.54, 1.807) is 20.8 Å². The minimum absolute atomic E-state index is 0.0264. The molecular formula is C12H20NO6-. The van der Waals surface area contributed by atoms with Crippen molar-refractivity contribution < 1.29 is 28.9 Å². The topological polar surface area (TPSA) is 97.3 Å². The second-order valence-electron chi connectivity index (χ2n) is 4.76. The normalized spacial score (nSPS) is 13.6. The molecule has 0 heterocycles. The first-order valence-corrected chi connectivity index (χ1v) is 5.78. The van der Waals surface area contributed by atoms with Gasteiger partial charge in [-0.25, -0.2) is 4.79 Å². The summed E-state index contributed by atoms with van der Waals surface area (Å²) in [5.74, 6) is -1.19. The van der Waals surface area contributed by atoms with Crippen molar-refractivity contribution in [2.45, 2.75) is 45.3 Å². The monoisotopic (exact) mass is 274 g/mol. The molecule has 0 amide bonds. The van der Waals surface area contributed by atoms with Crippen LogP contribution in [0.4, 0.5) is 0 Å². The molecule has 0 aliphatic carbocycles. The van der Waals surface area contributed by atoms with E-state index < -0.39 is 29.7 Å². The van der Waals surface area contributed by atoms with Crippen molar-refractivity contribution in [2.24, 2.45) is 4.99 Å². The van der Waals surface area contributed by atoms with Crippen molar-refractivity contribution in [3.8, 4) is 0 Å². The van der Waals surface area contributed by atoms with Gasteiger partial charge < -0.3 is 19.3 Å². The van der Waals surface area contributed by atoms with E-state index in [1.807, 2.05) is 0 Å². The average Bonchev–Trinajstić information content (AvgIpc) is 2.30. The molecule has 7 nitrogen and oxygen atoms in total. The van der Waals surface area contributed by atoms with Crippen LogP contribution in [0.15, 0.2) is 4.99 Å². The molecule has 0 aromatic heterocycles. The van der Waals surface area contributed by atoms with Gasteiger partial charge in [0.15, 0.2) is 0 Å². The third kappa shape index (κ3) is 8.01. The lowest BCUT2D eigenvalue weighted by Gasteiger charge is -2.30. The fourth-order valence-electron chi connectivity index (χ4n) is 1.14. The third-order valence-corrected chi connectivity index (χ3v) is 1.98. The standard InChI is InChI=1S/C12H21NO6/c1-12(2,3)19-11(16)13-8(10(15)18-5)6-7-9(14)17-4/h8H,6-7H2,1-5H3,(H,13,16)/p-1/t8-/m1/s1. The van der Waals surface area contributed by atoms with E-state index in [0.717, 1.165) is 0 Å². The molecule has 0 N–H and O–H groups in total. The minimum atomic E-state index is -1.07. The summed E-state index contributed by atoms with van der Waals surface area (Å²) in [7, 11) is 2.42. The maximum absolute atomic E-state index is 11.5. The van der Waals surface area contributed by atoms with E-state index in [2.05, 4.69) is 14.5 Å². The van der Waals surface area contributed by atoms with Gasteiger partial charge in [0, 0.05) is 12.0 Å². The first-order valence-electron chi connectivity index (χ1n) is 5.78. The van der Waals surface area contributed by atoms with Crippen molar-refractivity contribution in [3.05, 3.63) is 0 Å². The predicted octanol–water partition coefficient (Wildman–Crippen LogP) is 0.0126. The Morgan fingerprint density at radius 3 is 2.21 bits per heavy atom. The maximum atomic E-state index is 11.5. The molecule has 0 spiro atoms. The first-order chi connectivity index (χ1) is 8.69. The molecule has 1 atom stereocenters. The average molecular weight is 274 g/mol. The number of carbonyl (C=O) groups excluding carboxylic acids is 2. The minimum Gasteiger partial charge on any atom is -0.595 e. The van der Waals surface area contributed by atoms with Gasteiger partial charge in [0.2, 0.25) is 0 Å². The SMILES string of the molecule is COC(=O)CC[C@@H](N=C([O-])OC(C)(C)C)C(=O)OC. The molecule has 0 radical (unpaired) electrons. The molecule has 0 unspecified atom stereocenters. The number of carbonyl (C=O) groups is 2. The van der Waals surface area contributed by atoms with Gasteiger partial charge in [0.1, 0.15) is 12.1 Å². The Morgan fingerprint density at radius 2 is 1.79 bits per heavy atom. The zero-order valence-corrected chi connectivity index (χ0v) is 11.9. The molecule has 0 aromatic rings. The van der Waals surface area contributed by atoms with E-state index in [4.69, 9.17) is 4.74 Å². The van der Waals surface area contributed by atoms with Gasteiger partial charge >= 0.3 is 11.9 Å². The Balaban J connectivity index is 4.71. The number of hydrogen-bond acceptors (Lipinski definition) is 7. The van der Waals surface area contributed by atoms with E-state index >= 15 is 0 Å².